The summed E-state index contributed by atoms with van der Waals surface area (Å²) in [6.45, 7) is 19.2. The summed E-state index contributed by atoms with van der Waals surface area (Å²) in [6, 6.07) is 43.0. The number of para-hydroxylation sites is 2. The maximum atomic E-state index is 7.89. The number of nitrogens with zero attached hydrogens (tertiary/aromatic N) is 3. The third-order valence-corrected chi connectivity index (χ3v) is 10.2. The summed E-state index contributed by atoms with van der Waals surface area (Å²) in [5.41, 5.74) is 15.3. The molecule has 0 unspecified atom stereocenters. The zero-order valence-corrected chi connectivity index (χ0v) is 29.5. The normalized spacial score (nSPS) is 11.7. The molecule has 2 heterocycles. The van der Waals surface area contributed by atoms with Crippen molar-refractivity contribution in [3.05, 3.63) is 149 Å². The minimum Gasteiger partial charge on any atom is -0.456 e. The van der Waals surface area contributed by atoms with Crippen molar-refractivity contribution in [3.63, 3.8) is 0 Å². The lowest BCUT2D eigenvalue weighted by Gasteiger charge is -2.21. The summed E-state index contributed by atoms with van der Waals surface area (Å²) in [6.07, 6.45) is 0. The number of furan rings is 1. The van der Waals surface area contributed by atoms with Crippen molar-refractivity contribution in [3.8, 4) is 39.3 Å². The van der Waals surface area contributed by atoms with Crippen LogP contribution in [0.25, 0.3) is 77.1 Å². The first-order chi connectivity index (χ1) is 24.3. The lowest BCUT2D eigenvalue weighted by atomic mass is 9.87. The molecule has 0 spiro atoms. The molecule has 0 saturated heterocycles. The molecule has 8 rings (SSSR count). The van der Waals surface area contributed by atoms with Crippen LogP contribution in [0.3, 0.4) is 0 Å². The average molecular weight is 651 g/mol. The number of hydrogen-bond donors (Lipinski definition) is 0. The maximum absolute atomic E-state index is 7.89. The highest BCUT2D eigenvalue weighted by molar-refractivity contribution is 6.15. The Morgan fingerprint density at radius 1 is 0.680 bits per heavy atom. The number of imidazole rings is 1. The fourth-order valence-electron chi connectivity index (χ4n) is 7.63. The maximum Gasteiger partial charge on any atom is 0.299 e. The second-order valence-electron chi connectivity index (χ2n) is 14.0. The molecule has 0 N–H and O–H groups in total. The lowest BCUT2D eigenvalue weighted by molar-refractivity contribution is -0.633. The first-order valence-corrected chi connectivity index (χ1v) is 17.4. The second-order valence-corrected chi connectivity index (χ2v) is 14.0. The standard InChI is InChI=1S/C46H40N3O/c1-28(2)36-26-34(33-23-21-32(22-24-33)31-14-9-8-10-15-31)27-37(29(3)4)44(36)49-40-18-12-11-17-39(40)48(7)46(49)42-30(5)20-25-35-43-38(47-6)16-13-19-41(43)50-45(35)42/h8-29H,1-5,7H3/q+1. The third-order valence-electron chi connectivity index (χ3n) is 10.2. The SMILES string of the molecule is [C-]#[N+]c1cccc2oc3c(-c4n(-c5c(C(C)C)cc(-c6ccc(-c7ccccc7)cc6)cc5C(C)C)c5ccccc5[n+]4C)c(C)ccc3c12. The summed E-state index contributed by atoms with van der Waals surface area (Å²) in [5, 5.41) is 1.84. The molecule has 0 aliphatic heterocycles. The van der Waals surface area contributed by atoms with Crippen molar-refractivity contribution in [2.75, 3.05) is 0 Å². The van der Waals surface area contributed by atoms with Crippen LogP contribution in [-0.4, -0.2) is 4.57 Å². The average Bonchev–Trinajstić information content (AvgIpc) is 3.66. The number of hydrogen-bond acceptors (Lipinski definition) is 1. The van der Waals surface area contributed by atoms with Crippen LogP contribution in [0.4, 0.5) is 5.69 Å². The van der Waals surface area contributed by atoms with Crippen LogP contribution in [0.2, 0.25) is 0 Å². The first-order valence-electron chi connectivity index (χ1n) is 17.4. The summed E-state index contributed by atoms with van der Waals surface area (Å²) >= 11 is 0. The molecule has 0 bridgehead atoms. The summed E-state index contributed by atoms with van der Waals surface area (Å²) in [7, 11) is 2.16. The lowest BCUT2D eigenvalue weighted by Crippen LogP contribution is -2.30. The summed E-state index contributed by atoms with van der Waals surface area (Å²) in [4.78, 5) is 3.86. The Bertz CT molecular complexity index is 2580. The van der Waals surface area contributed by atoms with Gasteiger partial charge in [0.2, 0.25) is 0 Å². The van der Waals surface area contributed by atoms with E-state index >= 15 is 0 Å². The van der Waals surface area contributed by atoms with Gasteiger partial charge in [-0.3, -0.25) is 0 Å². The van der Waals surface area contributed by atoms with Crippen LogP contribution in [0.1, 0.15) is 56.2 Å². The van der Waals surface area contributed by atoms with E-state index in [1.807, 2.05) is 18.2 Å². The minimum absolute atomic E-state index is 0.259. The molecule has 8 aromatic rings. The number of aryl methyl sites for hydroxylation is 2. The van der Waals surface area contributed by atoms with Crippen molar-refractivity contribution in [1.29, 1.82) is 0 Å². The van der Waals surface area contributed by atoms with Gasteiger partial charge in [-0.2, -0.15) is 4.57 Å². The Morgan fingerprint density at radius 2 is 1.30 bits per heavy atom. The summed E-state index contributed by atoms with van der Waals surface area (Å²) in [5.74, 6) is 1.57. The monoisotopic (exact) mass is 650 g/mol. The fraction of sp³-hybridized carbons (Fsp3) is 0.174. The molecular weight excluding hydrogens is 611 g/mol. The molecule has 2 aromatic heterocycles. The quantitative estimate of drug-likeness (QED) is 0.130. The highest BCUT2D eigenvalue weighted by atomic mass is 16.3. The zero-order valence-electron chi connectivity index (χ0n) is 29.5. The molecule has 0 radical (unpaired) electrons. The Labute approximate surface area is 293 Å². The summed E-state index contributed by atoms with van der Waals surface area (Å²) < 4.78 is 11.5. The van der Waals surface area contributed by atoms with Crippen molar-refractivity contribution in [2.45, 2.75) is 46.5 Å². The molecule has 4 nitrogen and oxygen atoms in total. The topological polar surface area (TPSA) is 26.3 Å². The third kappa shape index (κ3) is 4.92. The van der Waals surface area contributed by atoms with E-state index in [0.29, 0.717) is 5.69 Å². The first kappa shape index (κ1) is 31.4. The van der Waals surface area contributed by atoms with Crippen LogP contribution in [0.5, 0.6) is 0 Å². The van der Waals surface area contributed by atoms with E-state index < -0.39 is 0 Å². The Hall–Kier alpha value is -5.92. The zero-order chi connectivity index (χ0) is 34.7. The van der Waals surface area contributed by atoms with Gasteiger partial charge < -0.3 is 4.42 Å². The van der Waals surface area contributed by atoms with Gasteiger partial charge >= 0.3 is 0 Å². The van der Waals surface area contributed by atoms with Crippen LogP contribution < -0.4 is 4.57 Å². The van der Waals surface area contributed by atoms with E-state index in [9.17, 15) is 0 Å². The van der Waals surface area contributed by atoms with Crippen molar-refractivity contribution >= 4 is 38.7 Å². The van der Waals surface area contributed by atoms with E-state index in [0.717, 1.165) is 49.9 Å². The second kappa shape index (κ2) is 12.2. The predicted molar refractivity (Wildman–Crippen MR) is 207 cm³/mol. The molecule has 0 aliphatic rings. The van der Waals surface area contributed by atoms with Gasteiger partial charge in [0.05, 0.1) is 13.6 Å². The molecule has 0 atom stereocenters. The molecule has 0 saturated carbocycles. The van der Waals surface area contributed by atoms with Gasteiger partial charge in [-0.05, 0) is 76.9 Å². The van der Waals surface area contributed by atoms with E-state index in [1.54, 1.807) is 0 Å². The predicted octanol–water partition coefficient (Wildman–Crippen LogP) is 12.5. The number of aromatic nitrogens is 2. The Morgan fingerprint density at radius 3 is 1.96 bits per heavy atom. The smallest absolute Gasteiger partial charge is 0.299 e. The van der Waals surface area contributed by atoms with Crippen LogP contribution >= 0.6 is 0 Å². The molecule has 0 fully saturated rings. The molecule has 50 heavy (non-hydrogen) atoms. The van der Waals surface area contributed by atoms with E-state index in [-0.39, 0.29) is 11.8 Å². The van der Waals surface area contributed by atoms with Gasteiger partial charge in [-0.15, -0.1) is 0 Å². The molecular formula is C46H40N3O+. The van der Waals surface area contributed by atoms with Crippen molar-refractivity contribution in [2.24, 2.45) is 7.05 Å². The van der Waals surface area contributed by atoms with Crippen LogP contribution in [0.15, 0.2) is 126 Å². The highest BCUT2D eigenvalue weighted by Crippen LogP contribution is 2.44. The van der Waals surface area contributed by atoms with Gasteiger partial charge in [-0.1, -0.05) is 119 Å². The van der Waals surface area contributed by atoms with E-state index in [4.69, 9.17) is 11.0 Å². The number of benzene rings is 6. The van der Waals surface area contributed by atoms with Gasteiger partial charge in [0, 0.05) is 21.9 Å². The Balaban J connectivity index is 1.43. The Kier molecular flexibility index (Phi) is 7.65. The number of fused-ring (bicyclic) bond motifs is 4. The largest absolute Gasteiger partial charge is 0.456 e. The van der Waals surface area contributed by atoms with E-state index in [2.05, 4.69) is 159 Å². The molecule has 4 heteroatoms. The fourth-order valence-corrected chi connectivity index (χ4v) is 7.63. The van der Waals surface area contributed by atoms with Gasteiger partial charge in [-0.25, -0.2) is 9.41 Å². The molecule has 0 amide bonds. The van der Waals surface area contributed by atoms with Crippen LogP contribution in [0, 0.1) is 13.5 Å². The van der Waals surface area contributed by atoms with Gasteiger partial charge in [0.25, 0.3) is 5.82 Å². The molecule has 6 aromatic carbocycles. The van der Waals surface area contributed by atoms with E-state index in [1.165, 1.54) is 39.1 Å². The van der Waals surface area contributed by atoms with Crippen LogP contribution in [-0.2, 0) is 7.05 Å². The van der Waals surface area contributed by atoms with Crippen molar-refractivity contribution in [1.82, 2.24) is 4.57 Å². The molecule has 0 aliphatic carbocycles. The van der Waals surface area contributed by atoms with Gasteiger partial charge in [0.1, 0.15) is 22.4 Å². The molecule has 244 valence electrons. The number of rotatable bonds is 6. The van der Waals surface area contributed by atoms with Crippen molar-refractivity contribution < 1.29 is 8.98 Å². The highest BCUT2D eigenvalue weighted by Gasteiger charge is 2.34. The minimum atomic E-state index is 0.259. The van der Waals surface area contributed by atoms with Gasteiger partial charge in [0.15, 0.2) is 16.7 Å².